The molecule has 1 atom stereocenters. The number of nitrogens with zero attached hydrogens (tertiary/aromatic N) is 3. The van der Waals surface area contributed by atoms with E-state index in [0.717, 1.165) is 39.0 Å². The van der Waals surface area contributed by atoms with Gasteiger partial charge in [-0.3, -0.25) is 9.69 Å². The van der Waals surface area contributed by atoms with Crippen LogP contribution < -0.4 is 4.90 Å². The predicted molar refractivity (Wildman–Crippen MR) is 95.2 cm³/mol. The Balaban J connectivity index is 1.54. The molecule has 2 aliphatic rings. The molecule has 0 unspecified atom stereocenters. The highest BCUT2D eigenvalue weighted by atomic mass is 19.4. The maximum atomic E-state index is 12.5. The number of para-hydroxylation sites is 1. The smallest absolute Gasteiger partial charge is 0.369 e. The second-order valence-corrected chi connectivity index (χ2v) is 7.24. The van der Waals surface area contributed by atoms with E-state index in [1.54, 1.807) is 0 Å². The summed E-state index contributed by atoms with van der Waals surface area (Å²) < 4.78 is 37.5. The van der Waals surface area contributed by atoms with E-state index in [1.165, 1.54) is 16.2 Å². The van der Waals surface area contributed by atoms with E-state index >= 15 is 0 Å². The quantitative estimate of drug-likeness (QED) is 0.819. The standard InChI is InChI=1S/C19H26F3N3O/c1-15-5-2-3-7-17(15)24-11-9-23(10-12-24)16-6-4-8-25(14-16)18(26)13-19(20,21)22/h2-3,5,7,16H,4,6,8-14H2,1H3/t16-/m0/s1. The Bertz CT molecular complexity index is 627. The summed E-state index contributed by atoms with van der Waals surface area (Å²) in [6.07, 6.45) is -4.06. The first kappa shape index (κ1) is 19.0. The van der Waals surface area contributed by atoms with Crippen LogP contribution in [0.5, 0.6) is 0 Å². The lowest BCUT2D eigenvalue weighted by Crippen LogP contribution is -2.56. The van der Waals surface area contributed by atoms with Crippen molar-refractivity contribution in [1.82, 2.24) is 9.80 Å². The number of piperazine rings is 1. The van der Waals surface area contributed by atoms with Crippen LogP contribution in [0.25, 0.3) is 0 Å². The number of rotatable bonds is 3. The number of halogens is 3. The molecule has 4 nitrogen and oxygen atoms in total. The lowest BCUT2D eigenvalue weighted by molar-refractivity contribution is -0.162. The molecular formula is C19H26F3N3O. The van der Waals surface area contributed by atoms with Gasteiger partial charge in [0.1, 0.15) is 6.42 Å². The third-order valence-electron chi connectivity index (χ3n) is 5.39. The Morgan fingerprint density at radius 3 is 2.46 bits per heavy atom. The minimum Gasteiger partial charge on any atom is -0.369 e. The number of hydrogen-bond acceptors (Lipinski definition) is 3. The minimum atomic E-state index is -4.43. The van der Waals surface area contributed by atoms with Crippen LogP contribution in [0.2, 0.25) is 0 Å². The maximum absolute atomic E-state index is 12.5. The third kappa shape index (κ3) is 4.69. The highest BCUT2D eigenvalue weighted by molar-refractivity contribution is 5.77. The van der Waals surface area contributed by atoms with Crippen molar-refractivity contribution in [1.29, 1.82) is 0 Å². The number of amides is 1. The summed E-state index contributed by atoms with van der Waals surface area (Å²) in [5, 5.41) is 0. The van der Waals surface area contributed by atoms with Gasteiger partial charge in [0.05, 0.1) is 0 Å². The van der Waals surface area contributed by atoms with Crippen molar-refractivity contribution in [2.45, 2.75) is 38.4 Å². The topological polar surface area (TPSA) is 26.8 Å². The van der Waals surface area contributed by atoms with Crippen molar-refractivity contribution in [2.75, 3.05) is 44.2 Å². The number of carbonyl (C=O) groups excluding carboxylic acids is 1. The Morgan fingerprint density at radius 1 is 1.12 bits per heavy atom. The van der Waals surface area contributed by atoms with Crippen molar-refractivity contribution in [3.05, 3.63) is 29.8 Å². The van der Waals surface area contributed by atoms with E-state index in [0.29, 0.717) is 13.1 Å². The molecule has 1 aromatic rings. The summed E-state index contributed by atoms with van der Waals surface area (Å²) in [6.45, 7) is 6.51. The summed E-state index contributed by atoms with van der Waals surface area (Å²) in [5.41, 5.74) is 2.50. The van der Waals surface area contributed by atoms with Crippen LogP contribution in [-0.2, 0) is 4.79 Å². The first-order chi connectivity index (χ1) is 12.3. The van der Waals surface area contributed by atoms with Gasteiger partial charge in [-0.25, -0.2) is 0 Å². The molecule has 2 aliphatic heterocycles. The highest BCUT2D eigenvalue weighted by Crippen LogP contribution is 2.25. The number of alkyl halides is 3. The Labute approximate surface area is 152 Å². The van der Waals surface area contributed by atoms with Gasteiger partial charge in [-0.1, -0.05) is 18.2 Å². The zero-order valence-electron chi connectivity index (χ0n) is 15.1. The first-order valence-corrected chi connectivity index (χ1v) is 9.22. The molecular weight excluding hydrogens is 343 g/mol. The van der Waals surface area contributed by atoms with Gasteiger partial charge in [-0.15, -0.1) is 0 Å². The molecule has 0 N–H and O–H groups in total. The number of hydrogen-bond donors (Lipinski definition) is 0. The second-order valence-electron chi connectivity index (χ2n) is 7.24. The molecule has 26 heavy (non-hydrogen) atoms. The van der Waals surface area contributed by atoms with Gasteiger partial charge >= 0.3 is 6.18 Å². The predicted octanol–water partition coefficient (Wildman–Crippen LogP) is 3.06. The maximum Gasteiger partial charge on any atom is 0.397 e. The lowest BCUT2D eigenvalue weighted by atomic mass is 10.0. The fraction of sp³-hybridized carbons (Fsp3) is 0.632. The number of piperidine rings is 1. The van der Waals surface area contributed by atoms with Crippen molar-refractivity contribution in [3.63, 3.8) is 0 Å². The van der Waals surface area contributed by atoms with Crippen molar-refractivity contribution in [3.8, 4) is 0 Å². The molecule has 7 heteroatoms. The largest absolute Gasteiger partial charge is 0.397 e. The summed E-state index contributed by atoms with van der Waals surface area (Å²) in [6, 6.07) is 8.47. The zero-order valence-corrected chi connectivity index (χ0v) is 15.1. The molecule has 0 bridgehead atoms. The molecule has 0 radical (unpaired) electrons. The highest BCUT2D eigenvalue weighted by Gasteiger charge is 2.36. The SMILES string of the molecule is Cc1ccccc1N1CCN([C@H]2CCCN(C(=O)CC(F)(F)F)C2)CC1. The minimum absolute atomic E-state index is 0.167. The van der Waals surface area contributed by atoms with Gasteiger partial charge in [0.2, 0.25) is 5.91 Å². The Hall–Kier alpha value is -1.76. The molecule has 1 aromatic carbocycles. The first-order valence-electron chi connectivity index (χ1n) is 9.22. The molecule has 0 saturated carbocycles. The number of likely N-dealkylation sites (tertiary alicyclic amines) is 1. The monoisotopic (exact) mass is 369 g/mol. The van der Waals surface area contributed by atoms with Crippen LogP contribution in [0.15, 0.2) is 24.3 Å². The number of carbonyl (C=O) groups is 1. The van der Waals surface area contributed by atoms with E-state index in [4.69, 9.17) is 0 Å². The zero-order chi connectivity index (χ0) is 18.7. The van der Waals surface area contributed by atoms with Crippen molar-refractivity contribution < 1.29 is 18.0 Å². The van der Waals surface area contributed by atoms with Crippen LogP contribution in [0, 0.1) is 6.92 Å². The Morgan fingerprint density at radius 2 is 1.81 bits per heavy atom. The van der Waals surface area contributed by atoms with E-state index < -0.39 is 18.5 Å². The van der Waals surface area contributed by atoms with Gasteiger partial charge in [-0.05, 0) is 31.4 Å². The molecule has 144 valence electrons. The molecule has 2 saturated heterocycles. The summed E-state index contributed by atoms with van der Waals surface area (Å²) >= 11 is 0. The molecule has 0 aliphatic carbocycles. The van der Waals surface area contributed by atoms with Crippen LogP contribution in [0.4, 0.5) is 18.9 Å². The van der Waals surface area contributed by atoms with E-state index in [2.05, 4.69) is 28.9 Å². The van der Waals surface area contributed by atoms with E-state index in [9.17, 15) is 18.0 Å². The van der Waals surface area contributed by atoms with Crippen molar-refractivity contribution in [2.24, 2.45) is 0 Å². The fourth-order valence-electron chi connectivity index (χ4n) is 4.01. The summed E-state index contributed by atoms with van der Waals surface area (Å²) in [7, 11) is 0. The fourth-order valence-corrected chi connectivity index (χ4v) is 4.01. The average molecular weight is 369 g/mol. The molecule has 2 heterocycles. The normalized spacial score (nSPS) is 22.5. The molecule has 2 fully saturated rings. The van der Waals surface area contributed by atoms with Gasteiger partial charge in [0, 0.05) is 51.0 Å². The van der Waals surface area contributed by atoms with Crippen LogP contribution in [0.1, 0.15) is 24.8 Å². The van der Waals surface area contributed by atoms with E-state index in [-0.39, 0.29) is 6.04 Å². The second kappa shape index (κ2) is 7.86. The van der Waals surface area contributed by atoms with Gasteiger partial charge < -0.3 is 9.80 Å². The third-order valence-corrected chi connectivity index (χ3v) is 5.39. The van der Waals surface area contributed by atoms with Crippen molar-refractivity contribution >= 4 is 11.6 Å². The number of benzene rings is 1. The molecule has 3 rings (SSSR count). The van der Waals surface area contributed by atoms with Crippen LogP contribution in [0.3, 0.4) is 0 Å². The Kier molecular flexibility index (Phi) is 5.75. The van der Waals surface area contributed by atoms with Gasteiger partial charge in [0.25, 0.3) is 0 Å². The van der Waals surface area contributed by atoms with E-state index in [1.807, 2.05) is 12.1 Å². The van der Waals surface area contributed by atoms with Gasteiger partial charge in [-0.2, -0.15) is 13.2 Å². The van der Waals surface area contributed by atoms with Crippen LogP contribution >= 0.6 is 0 Å². The molecule has 0 aromatic heterocycles. The van der Waals surface area contributed by atoms with Gasteiger partial charge in [0.15, 0.2) is 0 Å². The molecule has 1 amide bonds. The average Bonchev–Trinajstić information content (AvgIpc) is 2.61. The summed E-state index contributed by atoms with van der Waals surface area (Å²) in [5.74, 6) is -0.791. The number of aryl methyl sites for hydroxylation is 1. The lowest BCUT2D eigenvalue weighted by Gasteiger charge is -2.44. The number of anilines is 1. The summed E-state index contributed by atoms with van der Waals surface area (Å²) in [4.78, 5) is 18.0. The molecule has 0 spiro atoms. The van der Waals surface area contributed by atoms with Crippen LogP contribution in [-0.4, -0.2) is 67.2 Å².